The predicted molar refractivity (Wildman–Crippen MR) is 66.6 cm³/mol. The van der Waals surface area contributed by atoms with E-state index in [1.807, 2.05) is 0 Å². The van der Waals surface area contributed by atoms with Crippen LogP contribution in [-0.2, 0) is 12.8 Å². The summed E-state index contributed by atoms with van der Waals surface area (Å²) in [5.41, 5.74) is 4.59. The molecule has 1 saturated heterocycles. The van der Waals surface area contributed by atoms with Crippen molar-refractivity contribution in [1.29, 1.82) is 0 Å². The summed E-state index contributed by atoms with van der Waals surface area (Å²) in [5, 5.41) is 0. The van der Waals surface area contributed by atoms with E-state index < -0.39 is 0 Å². The van der Waals surface area contributed by atoms with Gasteiger partial charge < -0.3 is 4.90 Å². The monoisotopic (exact) mass is 203 g/mol. The van der Waals surface area contributed by atoms with Crippen molar-refractivity contribution in [3.63, 3.8) is 0 Å². The zero-order valence-corrected chi connectivity index (χ0v) is 9.92. The fourth-order valence-electron chi connectivity index (χ4n) is 2.56. The van der Waals surface area contributed by atoms with Gasteiger partial charge in [0, 0.05) is 18.8 Å². The number of hydrogen-bond acceptors (Lipinski definition) is 1. The molecule has 1 fully saturated rings. The van der Waals surface area contributed by atoms with Gasteiger partial charge in [0.15, 0.2) is 0 Å². The summed E-state index contributed by atoms with van der Waals surface area (Å²) in [6.45, 7) is 7.02. The lowest BCUT2D eigenvalue weighted by atomic mass is 10.0. The van der Waals surface area contributed by atoms with E-state index in [1.54, 1.807) is 5.69 Å². The van der Waals surface area contributed by atoms with E-state index in [0.717, 1.165) is 12.8 Å². The Labute approximate surface area is 93.1 Å². The molecule has 0 aromatic heterocycles. The van der Waals surface area contributed by atoms with Gasteiger partial charge in [-0.3, -0.25) is 0 Å². The minimum Gasteiger partial charge on any atom is -0.371 e. The molecule has 0 saturated carbocycles. The highest BCUT2D eigenvalue weighted by Crippen LogP contribution is 2.29. The van der Waals surface area contributed by atoms with Crippen LogP contribution in [0.25, 0.3) is 0 Å². The van der Waals surface area contributed by atoms with E-state index in [0.29, 0.717) is 0 Å². The minimum atomic E-state index is 1.15. The molecule has 2 rings (SSSR count). The first-order chi connectivity index (χ1) is 7.36. The molecule has 0 atom stereocenters. The summed E-state index contributed by atoms with van der Waals surface area (Å²) in [4.78, 5) is 2.58. The van der Waals surface area contributed by atoms with Crippen molar-refractivity contribution in [3.8, 4) is 0 Å². The fraction of sp³-hybridized carbons (Fsp3) is 0.571. The van der Waals surface area contributed by atoms with Gasteiger partial charge in [0.2, 0.25) is 0 Å². The SMILES string of the molecule is CCc1cccc(CC)c1N1CCCC1. The van der Waals surface area contributed by atoms with Crippen LogP contribution in [0.15, 0.2) is 18.2 Å². The lowest BCUT2D eigenvalue weighted by Crippen LogP contribution is -2.20. The van der Waals surface area contributed by atoms with Crippen molar-refractivity contribution in [2.45, 2.75) is 39.5 Å². The van der Waals surface area contributed by atoms with Crippen LogP contribution < -0.4 is 4.90 Å². The first-order valence-electron chi connectivity index (χ1n) is 6.22. The number of rotatable bonds is 3. The maximum absolute atomic E-state index is 2.58. The second-order valence-corrected chi connectivity index (χ2v) is 4.33. The van der Waals surface area contributed by atoms with Crippen LogP contribution in [0.2, 0.25) is 0 Å². The Morgan fingerprint density at radius 1 is 1.00 bits per heavy atom. The lowest BCUT2D eigenvalue weighted by molar-refractivity contribution is 0.927. The van der Waals surface area contributed by atoms with Crippen molar-refractivity contribution in [1.82, 2.24) is 0 Å². The molecule has 82 valence electrons. The average molecular weight is 203 g/mol. The first kappa shape index (κ1) is 10.5. The molecule has 0 bridgehead atoms. The normalized spacial score (nSPS) is 16.0. The summed E-state index contributed by atoms with van der Waals surface area (Å²) in [5.74, 6) is 0. The molecule has 0 radical (unpaired) electrons. The maximum atomic E-state index is 2.58. The van der Waals surface area contributed by atoms with Crippen molar-refractivity contribution in [3.05, 3.63) is 29.3 Å². The van der Waals surface area contributed by atoms with Crippen LogP contribution in [-0.4, -0.2) is 13.1 Å². The van der Waals surface area contributed by atoms with Crippen LogP contribution in [0.3, 0.4) is 0 Å². The van der Waals surface area contributed by atoms with Gasteiger partial charge in [-0.15, -0.1) is 0 Å². The quantitative estimate of drug-likeness (QED) is 0.727. The van der Waals surface area contributed by atoms with Gasteiger partial charge >= 0.3 is 0 Å². The van der Waals surface area contributed by atoms with E-state index >= 15 is 0 Å². The molecule has 1 heterocycles. The molecule has 1 aliphatic heterocycles. The van der Waals surface area contributed by atoms with Gasteiger partial charge in [-0.2, -0.15) is 0 Å². The highest BCUT2D eigenvalue weighted by molar-refractivity contribution is 5.60. The van der Waals surface area contributed by atoms with Gasteiger partial charge in [0.25, 0.3) is 0 Å². The highest BCUT2D eigenvalue weighted by Gasteiger charge is 2.17. The van der Waals surface area contributed by atoms with Crippen LogP contribution in [0.1, 0.15) is 37.8 Å². The highest BCUT2D eigenvalue weighted by atomic mass is 15.1. The second-order valence-electron chi connectivity index (χ2n) is 4.33. The number of aryl methyl sites for hydroxylation is 2. The molecule has 0 spiro atoms. The van der Waals surface area contributed by atoms with Gasteiger partial charge in [-0.1, -0.05) is 32.0 Å². The Balaban J connectivity index is 2.39. The molecule has 1 heteroatoms. The number of para-hydroxylation sites is 1. The summed E-state index contributed by atoms with van der Waals surface area (Å²) in [6, 6.07) is 6.77. The smallest absolute Gasteiger partial charge is 0.0431 e. The lowest BCUT2D eigenvalue weighted by Gasteiger charge is -2.24. The molecule has 15 heavy (non-hydrogen) atoms. The Morgan fingerprint density at radius 2 is 1.53 bits per heavy atom. The number of hydrogen-bond donors (Lipinski definition) is 0. The summed E-state index contributed by atoms with van der Waals surface area (Å²) in [7, 11) is 0. The third kappa shape index (κ3) is 2.01. The van der Waals surface area contributed by atoms with Crippen molar-refractivity contribution >= 4 is 5.69 Å². The van der Waals surface area contributed by atoms with Gasteiger partial charge in [-0.05, 0) is 36.8 Å². The summed E-state index contributed by atoms with van der Waals surface area (Å²) in [6.07, 6.45) is 5.03. The Morgan fingerprint density at radius 3 is 2.00 bits per heavy atom. The average Bonchev–Trinajstić information content (AvgIpc) is 2.81. The standard InChI is InChI=1S/C14H21N/c1-3-12-8-7-9-13(4-2)14(12)15-10-5-6-11-15/h7-9H,3-6,10-11H2,1-2H3. The fourth-order valence-corrected chi connectivity index (χ4v) is 2.56. The van der Waals surface area contributed by atoms with Crippen LogP contribution >= 0.6 is 0 Å². The van der Waals surface area contributed by atoms with Crippen molar-refractivity contribution in [2.24, 2.45) is 0 Å². The summed E-state index contributed by atoms with van der Waals surface area (Å²) >= 11 is 0. The van der Waals surface area contributed by atoms with E-state index in [2.05, 4.69) is 36.9 Å². The van der Waals surface area contributed by atoms with E-state index in [9.17, 15) is 0 Å². The van der Waals surface area contributed by atoms with Crippen LogP contribution in [0.4, 0.5) is 5.69 Å². The van der Waals surface area contributed by atoms with E-state index in [4.69, 9.17) is 0 Å². The van der Waals surface area contributed by atoms with Crippen molar-refractivity contribution < 1.29 is 0 Å². The zero-order valence-electron chi connectivity index (χ0n) is 9.92. The molecule has 0 amide bonds. The van der Waals surface area contributed by atoms with Crippen molar-refractivity contribution in [2.75, 3.05) is 18.0 Å². The molecule has 1 aromatic rings. The minimum absolute atomic E-state index is 1.15. The first-order valence-corrected chi connectivity index (χ1v) is 6.22. The maximum Gasteiger partial charge on any atom is 0.0431 e. The number of nitrogens with zero attached hydrogens (tertiary/aromatic N) is 1. The zero-order chi connectivity index (χ0) is 10.7. The van der Waals surface area contributed by atoms with E-state index in [1.165, 1.54) is 37.1 Å². The topological polar surface area (TPSA) is 3.24 Å². The molecular weight excluding hydrogens is 182 g/mol. The molecule has 1 nitrogen and oxygen atoms in total. The second kappa shape index (κ2) is 4.69. The van der Waals surface area contributed by atoms with E-state index in [-0.39, 0.29) is 0 Å². The van der Waals surface area contributed by atoms with Crippen LogP contribution in [0, 0.1) is 0 Å². The van der Waals surface area contributed by atoms with Gasteiger partial charge in [-0.25, -0.2) is 0 Å². The van der Waals surface area contributed by atoms with Gasteiger partial charge in [0.1, 0.15) is 0 Å². The molecule has 0 N–H and O–H groups in total. The third-order valence-electron chi connectivity index (χ3n) is 3.39. The Bertz CT molecular complexity index is 302. The predicted octanol–water partition coefficient (Wildman–Crippen LogP) is 3.41. The molecular formula is C14H21N. The third-order valence-corrected chi connectivity index (χ3v) is 3.39. The Kier molecular flexibility index (Phi) is 3.30. The largest absolute Gasteiger partial charge is 0.371 e. The Hall–Kier alpha value is -0.980. The molecule has 0 aliphatic carbocycles. The summed E-state index contributed by atoms with van der Waals surface area (Å²) < 4.78 is 0. The molecule has 1 aliphatic rings. The number of benzene rings is 1. The van der Waals surface area contributed by atoms with Crippen LogP contribution in [0.5, 0.6) is 0 Å². The molecule has 0 unspecified atom stereocenters. The molecule has 1 aromatic carbocycles. The number of anilines is 1. The van der Waals surface area contributed by atoms with Gasteiger partial charge in [0.05, 0.1) is 0 Å².